The van der Waals surface area contributed by atoms with Gasteiger partial charge in [-0.3, -0.25) is 0 Å². The number of hydrogen-bond acceptors (Lipinski definition) is 2. The van der Waals surface area contributed by atoms with Gasteiger partial charge in [-0.1, -0.05) is 24.6 Å². The van der Waals surface area contributed by atoms with Gasteiger partial charge in [-0.25, -0.2) is 0 Å². The SMILES string of the molecule is CCCNCc1ccc(-c2occc2Br)c(Cl)c1. The molecule has 0 aliphatic rings. The Balaban J connectivity index is 2.18. The highest BCUT2D eigenvalue weighted by Gasteiger charge is 2.11. The molecule has 0 saturated heterocycles. The highest BCUT2D eigenvalue weighted by Crippen LogP contribution is 2.34. The van der Waals surface area contributed by atoms with Crippen LogP contribution >= 0.6 is 27.5 Å². The average molecular weight is 329 g/mol. The van der Waals surface area contributed by atoms with E-state index in [2.05, 4.69) is 34.2 Å². The predicted molar refractivity (Wildman–Crippen MR) is 78.9 cm³/mol. The number of hydrogen-bond donors (Lipinski definition) is 1. The molecule has 96 valence electrons. The molecule has 0 aliphatic carbocycles. The lowest BCUT2D eigenvalue weighted by atomic mass is 10.1. The van der Waals surface area contributed by atoms with Crippen molar-refractivity contribution in [3.05, 3.63) is 45.6 Å². The van der Waals surface area contributed by atoms with Gasteiger partial charge in [0.2, 0.25) is 0 Å². The van der Waals surface area contributed by atoms with Crippen LogP contribution in [-0.2, 0) is 6.54 Å². The van der Waals surface area contributed by atoms with Gasteiger partial charge < -0.3 is 9.73 Å². The summed E-state index contributed by atoms with van der Waals surface area (Å²) in [5.74, 6) is 0.771. The maximum Gasteiger partial charge on any atom is 0.149 e. The van der Waals surface area contributed by atoms with Crippen LogP contribution in [0.4, 0.5) is 0 Å². The predicted octanol–water partition coefficient (Wildman–Crippen LogP) is 4.86. The number of rotatable bonds is 5. The van der Waals surface area contributed by atoms with Crippen LogP contribution in [0.1, 0.15) is 18.9 Å². The molecule has 0 unspecified atom stereocenters. The summed E-state index contributed by atoms with van der Waals surface area (Å²) in [7, 11) is 0. The van der Waals surface area contributed by atoms with E-state index in [1.165, 1.54) is 5.56 Å². The third kappa shape index (κ3) is 3.16. The van der Waals surface area contributed by atoms with Crippen LogP contribution in [0, 0.1) is 0 Å². The first-order chi connectivity index (χ1) is 8.72. The second-order valence-corrected chi connectivity index (χ2v) is 5.35. The van der Waals surface area contributed by atoms with E-state index in [1.54, 1.807) is 6.26 Å². The fourth-order valence-corrected chi connectivity index (χ4v) is 2.45. The van der Waals surface area contributed by atoms with Gasteiger partial charge in [-0.2, -0.15) is 0 Å². The fraction of sp³-hybridized carbons (Fsp3) is 0.286. The van der Waals surface area contributed by atoms with Crippen molar-refractivity contribution in [2.75, 3.05) is 6.54 Å². The molecule has 0 bridgehead atoms. The minimum Gasteiger partial charge on any atom is -0.463 e. The molecule has 0 fully saturated rings. The normalized spacial score (nSPS) is 10.8. The minimum absolute atomic E-state index is 0.710. The molecular weight excluding hydrogens is 314 g/mol. The van der Waals surface area contributed by atoms with Gasteiger partial charge in [-0.15, -0.1) is 0 Å². The number of benzene rings is 1. The number of furan rings is 1. The molecule has 0 aliphatic heterocycles. The van der Waals surface area contributed by atoms with E-state index >= 15 is 0 Å². The van der Waals surface area contributed by atoms with Crippen molar-refractivity contribution >= 4 is 27.5 Å². The molecule has 4 heteroatoms. The van der Waals surface area contributed by atoms with Crippen molar-refractivity contribution in [1.29, 1.82) is 0 Å². The summed E-state index contributed by atoms with van der Waals surface area (Å²) in [6.07, 6.45) is 2.78. The molecule has 1 aromatic carbocycles. The Labute approximate surface area is 120 Å². The zero-order valence-electron chi connectivity index (χ0n) is 10.2. The van der Waals surface area contributed by atoms with Gasteiger partial charge in [0.1, 0.15) is 5.76 Å². The van der Waals surface area contributed by atoms with E-state index in [1.807, 2.05) is 18.2 Å². The molecule has 1 heterocycles. The number of nitrogens with one attached hydrogen (secondary N) is 1. The first-order valence-electron chi connectivity index (χ1n) is 5.95. The third-order valence-corrected chi connectivity index (χ3v) is 3.59. The van der Waals surface area contributed by atoms with Crippen molar-refractivity contribution in [2.45, 2.75) is 19.9 Å². The van der Waals surface area contributed by atoms with E-state index in [0.717, 1.165) is 35.3 Å². The van der Waals surface area contributed by atoms with Gasteiger partial charge >= 0.3 is 0 Å². The van der Waals surface area contributed by atoms with Crippen molar-refractivity contribution in [3.63, 3.8) is 0 Å². The summed E-state index contributed by atoms with van der Waals surface area (Å²) in [6, 6.07) is 7.91. The van der Waals surface area contributed by atoms with Gasteiger partial charge in [-0.05, 0) is 52.7 Å². The van der Waals surface area contributed by atoms with Gasteiger partial charge in [0.05, 0.1) is 15.8 Å². The van der Waals surface area contributed by atoms with Gasteiger partial charge in [0.15, 0.2) is 0 Å². The van der Waals surface area contributed by atoms with Crippen molar-refractivity contribution in [1.82, 2.24) is 5.32 Å². The molecule has 0 atom stereocenters. The van der Waals surface area contributed by atoms with Crippen LogP contribution < -0.4 is 5.32 Å². The molecular formula is C14H15BrClNO. The topological polar surface area (TPSA) is 25.2 Å². The molecule has 0 radical (unpaired) electrons. The molecule has 18 heavy (non-hydrogen) atoms. The molecule has 2 aromatic rings. The first kappa shape index (κ1) is 13.7. The fourth-order valence-electron chi connectivity index (χ4n) is 1.75. The van der Waals surface area contributed by atoms with Crippen molar-refractivity contribution in [3.8, 4) is 11.3 Å². The maximum atomic E-state index is 6.30. The van der Waals surface area contributed by atoms with E-state index in [0.29, 0.717) is 5.02 Å². The smallest absolute Gasteiger partial charge is 0.149 e. The number of halogens is 2. The quantitative estimate of drug-likeness (QED) is 0.793. The molecule has 2 rings (SSSR count). The van der Waals surface area contributed by atoms with E-state index in [4.69, 9.17) is 16.0 Å². The van der Waals surface area contributed by atoms with Crippen LogP contribution in [0.3, 0.4) is 0 Å². The second-order valence-electron chi connectivity index (χ2n) is 4.09. The largest absolute Gasteiger partial charge is 0.463 e. The molecule has 0 amide bonds. The molecule has 1 aromatic heterocycles. The highest BCUT2D eigenvalue weighted by molar-refractivity contribution is 9.10. The zero-order valence-corrected chi connectivity index (χ0v) is 12.5. The Morgan fingerprint density at radius 1 is 1.33 bits per heavy atom. The van der Waals surface area contributed by atoms with Crippen LogP contribution in [0.25, 0.3) is 11.3 Å². The summed E-state index contributed by atoms with van der Waals surface area (Å²) >= 11 is 9.74. The highest BCUT2D eigenvalue weighted by atomic mass is 79.9. The van der Waals surface area contributed by atoms with Crippen LogP contribution in [0.15, 0.2) is 39.4 Å². The lowest BCUT2D eigenvalue weighted by Gasteiger charge is -2.07. The van der Waals surface area contributed by atoms with Crippen LogP contribution in [0.2, 0.25) is 5.02 Å². The van der Waals surface area contributed by atoms with E-state index < -0.39 is 0 Å². The second kappa shape index (κ2) is 6.41. The first-order valence-corrected chi connectivity index (χ1v) is 7.12. The lowest BCUT2D eigenvalue weighted by molar-refractivity contribution is 0.581. The summed E-state index contributed by atoms with van der Waals surface area (Å²) in [4.78, 5) is 0. The summed E-state index contributed by atoms with van der Waals surface area (Å²) in [5, 5.41) is 4.06. The molecule has 0 saturated carbocycles. The van der Waals surface area contributed by atoms with Gasteiger partial charge in [0, 0.05) is 12.1 Å². The Kier molecular flexibility index (Phi) is 4.87. The molecule has 0 spiro atoms. The lowest BCUT2D eigenvalue weighted by Crippen LogP contribution is -2.13. The van der Waals surface area contributed by atoms with Crippen molar-refractivity contribution in [2.24, 2.45) is 0 Å². The Morgan fingerprint density at radius 3 is 2.78 bits per heavy atom. The summed E-state index contributed by atoms with van der Waals surface area (Å²) < 4.78 is 6.34. The third-order valence-electron chi connectivity index (χ3n) is 2.65. The van der Waals surface area contributed by atoms with Crippen LogP contribution in [0.5, 0.6) is 0 Å². The maximum absolute atomic E-state index is 6.30. The Hall–Kier alpha value is -0.770. The standard InChI is InChI=1S/C14H15BrClNO/c1-2-6-17-9-10-3-4-11(13(16)8-10)14-12(15)5-7-18-14/h3-5,7-8,17H,2,6,9H2,1H3. The average Bonchev–Trinajstić information content (AvgIpc) is 2.76. The minimum atomic E-state index is 0.710. The Morgan fingerprint density at radius 2 is 2.17 bits per heavy atom. The van der Waals surface area contributed by atoms with E-state index in [-0.39, 0.29) is 0 Å². The Bertz CT molecular complexity index is 524. The van der Waals surface area contributed by atoms with Crippen molar-refractivity contribution < 1.29 is 4.42 Å². The van der Waals surface area contributed by atoms with Gasteiger partial charge in [0.25, 0.3) is 0 Å². The monoisotopic (exact) mass is 327 g/mol. The molecule has 2 nitrogen and oxygen atoms in total. The summed E-state index contributed by atoms with van der Waals surface area (Å²) in [6.45, 7) is 4.01. The summed E-state index contributed by atoms with van der Waals surface area (Å²) in [5.41, 5.74) is 2.09. The van der Waals surface area contributed by atoms with E-state index in [9.17, 15) is 0 Å². The molecule has 1 N–H and O–H groups in total. The zero-order chi connectivity index (χ0) is 13.0. The van der Waals surface area contributed by atoms with Crippen LogP contribution in [-0.4, -0.2) is 6.54 Å².